The standard InChI is InChI=1S/C14H14N6O/c1-10-11-4-2-6-18(11)8-9-19(10)13(21)12-16-14-15-5-3-7-20(14)17-12/h2-7,10H,8-9H2,1H3. The third-order valence-corrected chi connectivity index (χ3v) is 3.91. The van der Waals surface area contributed by atoms with E-state index in [0.717, 1.165) is 12.2 Å². The quantitative estimate of drug-likeness (QED) is 0.671. The van der Waals surface area contributed by atoms with Crippen molar-refractivity contribution in [2.45, 2.75) is 19.5 Å². The van der Waals surface area contributed by atoms with Crippen LogP contribution in [0.1, 0.15) is 29.3 Å². The lowest BCUT2D eigenvalue weighted by Crippen LogP contribution is -2.41. The summed E-state index contributed by atoms with van der Waals surface area (Å²) >= 11 is 0. The smallest absolute Gasteiger partial charge is 0.294 e. The summed E-state index contributed by atoms with van der Waals surface area (Å²) in [6, 6.07) is 5.82. The van der Waals surface area contributed by atoms with Crippen molar-refractivity contribution in [3.63, 3.8) is 0 Å². The van der Waals surface area contributed by atoms with Crippen molar-refractivity contribution in [1.82, 2.24) is 29.0 Å². The molecule has 3 aromatic rings. The highest BCUT2D eigenvalue weighted by molar-refractivity contribution is 5.91. The Labute approximate surface area is 120 Å². The molecule has 7 nitrogen and oxygen atoms in total. The van der Waals surface area contributed by atoms with Crippen LogP contribution in [-0.2, 0) is 6.54 Å². The van der Waals surface area contributed by atoms with E-state index in [2.05, 4.69) is 19.6 Å². The number of fused-ring (bicyclic) bond motifs is 2. The molecular formula is C14H14N6O. The van der Waals surface area contributed by atoms with Crippen molar-refractivity contribution in [3.05, 3.63) is 48.3 Å². The summed E-state index contributed by atoms with van der Waals surface area (Å²) in [7, 11) is 0. The molecule has 0 aliphatic carbocycles. The molecule has 0 fully saturated rings. The number of hydrogen-bond donors (Lipinski definition) is 0. The third kappa shape index (κ3) is 1.81. The van der Waals surface area contributed by atoms with Crippen molar-refractivity contribution in [2.24, 2.45) is 0 Å². The van der Waals surface area contributed by atoms with Gasteiger partial charge in [0.25, 0.3) is 11.7 Å². The van der Waals surface area contributed by atoms with E-state index in [1.807, 2.05) is 30.2 Å². The molecule has 1 aliphatic rings. The summed E-state index contributed by atoms with van der Waals surface area (Å²) in [5.74, 6) is 0.481. The number of amides is 1. The SMILES string of the molecule is CC1c2cccn2CCN1C(=O)c1nc2ncccn2n1. The van der Waals surface area contributed by atoms with E-state index < -0.39 is 0 Å². The molecule has 1 aliphatic heterocycles. The zero-order chi connectivity index (χ0) is 14.4. The van der Waals surface area contributed by atoms with Crippen LogP contribution in [0.15, 0.2) is 36.8 Å². The predicted molar refractivity (Wildman–Crippen MR) is 74.7 cm³/mol. The highest BCUT2D eigenvalue weighted by atomic mass is 16.2. The van der Waals surface area contributed by atoms with Gasteiger partial charge < -0.3 is 9.47 Å². The van der Waals surface area contributed by atoms with Gasteiger partial charge in [-0.25, -0.2) is 9.50 Å². The van der Waals surface area contributed by atoms with Gasteiger partial charge in [0, 0.05) is 37.4 Å². The van der Waals surface area contributed by atoms with Crippen molar-refractivity contribution in [1.29, 1.82) is 0 Å². The average molecular weight is 282 g/mol. The summed E-state index contributed by atoms with van der Waals surface area (Å²) in [5, 5.41) is 4.21. The van der Waals surface area contributed by atoms with Gasteiger partial charge in [0.05, 0.1) is 6.04 Å². The van der Waals surface area contributed by atoms with Crippen LogP contribution in [0.2, 0.25) is 0 Å². The summed E-state index contributed by atoms with van der Waals surface area (Å²) in [6.45, 7) is 3.48. The molecule has 0 saturated carbocycles. The lowest BCUT2D eigenvalue weighted by atomic mass is 10.1. The molecule has 7 heteroatoms. The highest BCUT2D eigenvalue weighted by Crippen LogP contribution is 2.26. The molecule has 0 bridgehead atoms. The fraction of sp³-hybridized carbons (Fsp3) is 0.286. The number of hydrogen-bond acceptors (Lipinski definition) is 4. The van der Waals surface area contributed by atoms with Crippen LogP contribution in [0.5, 0.6) is 0 Å². The van der Waals surface area contributed by atoms with E-state index in [1.54, 1.807) is 18.5 Å². The molecule has 4 heterocycles. The molecule has 1 atom stereocenters. The molecule has 1 unspecified atom stereocenters. The van der Waals surface area contributed by atoms with Crippen LogP contribution in [0, 0.1) is 0 Å². The Kier molecular flexibility index (Phi) is 2.53. The van der Waals surface area contributed by atoms with Gasteiger partial charge in [-0.2, -0.15) is 4.98 Å². The number of carbonyl (C=O) groups excluding carboxylic acids is 1. The molecule has 4 rings (SSSR count). The average Bonchev–Trinajstić information content (AvgIpc) is 3.13. The van der Waals surface area contributed by atoms with Gasteiger partial charge in [0.15, 0.2) is 0 Å². The van der Waals surface area contributed by atoms with Gasteiger partial charge in [0.1, 0.15) is 0 Å². The lowest BCUT2D eigenvalue weighted by Gasteiger charge is -2.34. The van der Waals surface area contributed by atoms with Gasteiger partial charge in [-0.3, -0.25) is 4.79 Å². The Morgan fingerprint density at radius 2 is 2.19 bits per heavy atom. The van der Waals surface area contributed by atoms with Crippen LogP contribution in [0.3, 0.4) is 0 Å². The minimum absolute atomic E-state index is 0.0146. The fourth-order valence-corrected chi connectivity index (χ4v) is 2.81. The molecule has 3 aromatic heterocycles. The molecule has 1 amide bonds. The van der Waals surface area contributed by atoms with Crippen LogP contribution in [0.4, 0.5) is 0 Å². The van der Waals surface area contributed by atoms with Gasteiger partial charge in [-0.1, -0.05) is 0 Å². The molecule has 0 radical (unpaired) electrons. The Bertz CT molecular complexity index is 787. The third-order valence-electron chi connectivity index (χ3n) is 3.91. The second-order valence-electron chi connectivity index (χ2n) is 5.10. The fourth-order valence-electron chi connectivity index (χ4n) is 2.81. The number of carbonyl (C=O) groups is 1. The summed E-state index contributed by atoms with van der Waals surface area (Å²) < 4.78 is 3.69. The Morgan fingerprint density at radius 1 is 1.29 bits per heavy atom. The van der Waals surface area contributed by atoms with E-state index in [9.17, 15) is 4.79 Å². The summed E-state index contributed by atoms with van der Waals surface area (Å²) in [5.41, 5.74) is 1.14. The predicted octanol–water partition coefficient (Wildman–Crippen LogP) is 1.14. The topological polar surface area (TPSA) is 68.3 Å². The maximum absolute atomic E-state index is 12.7. The van der Waals surface area contributed by atoms with E-state index in [4.69, 9.17) is 0 Å². The van der Waals surface area contributed by atoms with Crippen molar-refractivity contribution < 1.29 is 4.79 Å². The monoisotopic (exact) mass is 282 g/mol. The van der Waals surface area contributed by atoms with Gasteiger partial charge in [-0.15, -0.1) is 5.10 Å². The molecule has 21 heavy (non-hydrogen) atoms. The second kappa shape index (κ2) is 4.41. The first-order valence-corrected chi connectivity index (χ1v) is 6.87. The molecule has 0 spiro atoms. The first-order valence-electron chi connectivity index (χ1n) is 6.87. The summed E-state index contributed by atoms with van der Waals surface area (Å²) in [6.07, 6.45) is 5.41. The maximum atomic E-state index is 12.7. The number of nitrogens with zero attached hydrogens (tertiary/aromatic N) is 6. The van der Waals surface area contributed by atoms with Crippen molar-refractivity contribution in [2.75, 3.05) is 6.54 Å². The lowest BCUT2D eigenvalue weighted by molar-refractivity contribution is 0.0631. The van der Waals surface area contributed by atoms with Crippen molar-refractivity contribution >= 4 is 11.7 Å². The number of rotatable bonds is 1. The van der Waals surface area contributed by atoms with Gasteiger partial charge in [0.2, 0.25) is 5.82 Å². The van der Waals surface area contributed by atoms with Crippen LogP contribution >= 0.6 is 0 Å². The minimum Gasteiger partial charge on any atom is -0.348 e. The Balaban J connectivity index is 1.69. The van der Waals surface area contributed by atoms with E-state index in [0.29, 0.717) is 12.3 Å². The zero-order valence-electron chi connectivity index (χ0n) is 11.5. The highest BCUT2D eigenvalue weighted by Gasteiger charge is 2.30. The normalized spacial score (nSPS) is 18.0. The Hall–Kier alpha value is -2.70. The van der Waals surface area contributed by atoms with E-state index in [-0.39, 0.29) is 17.8 Å². The molecule has 0 N–H and O–H groups in total. The molecular weight excluding hydrogens is 268 g/mol. The van der Waals surface area contributed by atoms with E-state index in [1.165, 1.54) is 4.52 Å². The Morgan fingerprint density at radius 3 is 3.05 bits per heavy atom. The molecule has 0 aromatic carbocycles. The molecule has 106 valence electrons. The van der Waals surface area contributed by atoms with Crippen LogP contribution in [-0.4, -0.2) is 41.5 Å². The van der Waals surface area contributed by atoms with Crippen molar-refractivity contribution in [3.8, 4) is 0 Å². The zero-order valence-corrected chi connectivity index (χ0v) is 11.5. The summed E-state index contributed by atoms with van der Waals surface area (Å²) in [4.78, 5) is 22.8. The van der Waals surface area contributed by atoms with Crippen LogP contribution in [0.25, 0.3) is 5.78 Å². The first kappa shape index (κ1) is 12.1. The second-order valence-corrected chi connectivity index (χ2v) is 5.10. The van der Waals surface area contributed by atoms with Crippen LogP contribution < -0.4 is 0 Å². The maximum Gasteiger partial charge on any atom is 0.294 e. The van der Waals surface area contributed by atoms with Gasteiger partial charge in [-0.05, 0) is 25.1 Å². The largest absolute Gasteiger partial charge is 0.348 e. The minimum atomic E-state index is -0.152. The van der Waals surface area contributed by atoms with Gasteiger partial charge >= 0.3 is 0 Å². The molecule has 0 saturated heterocycles. The van der Waals surface area contributed by atoms with E-state index >= 15 is 0 Å². The number of aromatic nitrogens is 5. The first-order chi connectivity index (χ1) is 10.2.